The van der Waals surface area contributed by atoms with Crippen molar-refractivity contribution in [1.82, 2.24) is 0 Å². The van der Waals surface area contributed by atoms with E-state index in [1.807, 2.05) is 0 Å². The van der Waals surface area contributed by atoms with Crippen LogP contribution in [0.3, 0.4) is 0 Å². The van der Waals surface area contributed by atoms with Crippen LogP contribution in [0.25, 0.3) is 0 Å². The smallest absolute Gasteiger partial charge is 0.195 e. The summed E-state index contributed by atoms with van der Waals surface area (Å²) in [7, 11) is 0. The van der Waals surface area contributed by atoms with E-state index in [4.69, 9.17) is 28.4 Å². The Hall–Kier alpha value is -0.240. The summed E-state index contributed by atoms with van der Waals surface area (Å²) in [5.41, 5.74) is 0. The van der Waals surface area contributed by atoms with E-state index in [2.05, 4.69) is 6.92 Å². The van der Waals surface area contributed by atoms with Gasteiger partial charge < -0.3 is 28.4 Å². The Kier molecular flexibility index (Phi) is 8.62. The van der Waals surface area contributed by atoms with Gasteiger partial charge in [0.05, 0.1) is 18.8 Å². The van der Waals surface area contributed by atoms with Crippen molar-refractivity contribution in [2.75, 3.05) is 39.8 Å². The highest BCUT2D eigenvalue weighted by Gasteiger charge is 2.58. The molecule has 0 amide bonds. The zero-order valence-electron chi connectivity index (χ0n) is 16.3. The molecule has 6 heteroatoms. The molecule has 0 aromatic heterocycles. The highest BCUT2D eigenvalue weighted by Crippen LogP contribution is 2.47. The molecule has 0 aliphatic carbocycles. The van der Waals surface area contributed by atoms with E-state index in [0.29, 0.717) is 31.7 Å². The monoisotopic (exact) mass is 372 g/mol. The van der Waals surface area contributed by atoms with Crippen molar-refractivity contribution in [2.24, 2.45) is 0 Å². The molecule has 0 N–H and O–H groups in total. The molecule has 3 saturated heterocycles. The van der Waals surface area contributed by atoms with Gasteiger partial charge in [-0.25, -0.2) is 0 Å². The SMILES string of the molecule is CCCOCCCC1OC1CCCOCOCCCC12OCCCC1O2. The van der Waals surface area contributed by atoms with Crippen molar-refractivity contribution in [3.8, 4) is 0 Å². The van der Waals surface area contributed by atoms with Gasteiger partial charge in [-0.05, 0) is 51.4 Å². The molecule has 26 heavy (non-hydrogen) atoms. The highest BCUT2D eigenvalue weighted by atomic mass is 16.8. The number of hydrogen-bond acceptors (Lipinski definition) is 6. The van der Waals surface area contributed by atoms with E-state index in [-0.39, 0.29) is 5.79 Å². The van der Waals surface area contributed by atoms with Gasteiger partial charge in [-0.15, -0.1) is 0 Å². The van der Waals surface area contributed by atoms with Gasteiger partial charge in [0.15, 0.2) is 5.79 Å². The average molecular weight is 373 g/mol. The number of ether oxygens (including phenoxy) is 6. The molecule has 6 nitrogen and oxygen atoms in total. The number of epoxide rings is 2. The molecule has 0 spiro atoms. The van der Waals surface area contributed by atoms with Crippen LogP contribution < -0.4 is 0 Å². The van der Waals surface area contributed by atoms with Gasteiger partial charge in [-0.3, -0.25) is 0 Å². The van der Waals surface area contributed by atoms with Gasteiger partial charge in [0, 0.05) is 32.8 Å². The van der Waals surface area contributed by atoms with Crippen molar-refractivity contribution in [2.45, 2.75) is 88.8 Å². The standard InChI is InChI=1S/C20H36O6/c1-2-11-21-12-3-7-17-18(25-17)8-4-13-22-16-23-14-6-10-20-19(26-20)9-5-15-24-20/h17-19H,2-16H2,1H3. The highest BCUT2D eigenvalue weighted by molar-refractivity contribution is 4.96. The van der Waals surface area contributed by atoms with Gasteiger partial charge >= 0.3 is 0 Å². The summed E-state index contributed by atoms with van der Waals surface area (Å²) in [4.78, 5) is 0. The first-order chi connectivity index (χ1) is 12.8. The Morgan fingerprint density at radius 1 is 0.923 bits per heavy atom. The van der Waals surface area contributed by atoms with Gasteiger partial charge in [-0.1, -0.05) is 6.92 Å². The third kappa shape index (κ3) is 6.73. The molecular formula is C20H36O6. The minimum Gasteiger partial charge on any atom is -0.381 e. The zero-order chi connectivity index (χ0) is 18.1. The van der Waals surface area contributed by atoms with Crippen molar-refractivity contribution in [3.05, 3.63) is 0 Å². The average Bonchev–Trinajstić information content (AvgIpc) is 3.55. The van der Waals surface area contributed by atoms with Crippen LogP contribution in [0.1, 0.15) is 64.7 Å². The van der Waals surface area contributed by atoms with Crippen LogP contribution in [-0.2, 0) is 28.4 Å². The third-order valence-electron chi connectivity index (χ3n) is 5.30. The zero-order valence-corrected chi connectivity index (χ0v) is 16.3. The molecule has 0 radical (unpaired) electrons. The Bertz CT molecular complexity index is 392. The van der Waals surface area contributed by atoms with Crippen LogP contribution >= 0.6 is 0 Å². The van der Waals surface area contributed by atoms with E-state index >= 15 is 0 Å². The van der Waals surface area contributed by atoms with Gasteiger partial charge in [0.2, 0.25) is 0 Å². The maximum atomic E-state index is 5.75. The fourth-order valence-electron chi connectivity index (χ4n) is 3.72. The van der Waals surface area contributed by atoms with E-state index < -0.39 is 0 Å². The molecule has 152 valence electrons. The Morgan fingerprint density at radius 2 is 1.65 bits per heavy atom. The van der Waals surface area contributed by atoms with E-state index in [1.54, 1.807) is 0 Å². The minimum absolute atomic E-state index is 0.259. The molecule has 0 bridgehead atoms. The first-order valence-electron chi connectivity index (χ1n) is 10.5. The quantitative estimate of drug-likeness (QED) is 0.235. The Balaban J connectivity index is 1.04. The summed E-state index contributed by atoms with van der Waals surface area (Å²) in [6, 6.07) is 0. The van der Waals surface area contributed by atoms with Gasteiger partial charge in [0.25, 0.3) is 0 Å². The van der Waals surface area contributed by atoms with Crippen molar-refractivity contribution in [3.63, 3.8) is 0 Å². The number of hydrogen-bond donors (Lipinski definition) is 0. The largest absolute Gasteiger partial charge is 0.381 e. The summed E-state index contributed by atoms with van der Waals surface area (Å²) in [6.07, 6.45) is 10.8. The Labute approximate surface area is 157 Å². The summed E-state index contributed by atoms with van der Waals surface area (Å²) >= 11 is 0. The maximum Gasteiger partial charge on any atom is 0.195 e. The normalized spacial score (nSPS) is 32.4. The molecule has 0 saturated carbocycles. The Morgan fingerprint density at radius 3 is 2.38 bits per heavy atom. The first-order valence-corrected chi connectivity index (χ1v) is 10.5. The fourth-order valence-corrected chi connectivity index (χ4v) is 3.72. The third-order valence-corrected chi connectivity index (χ3v) is 5.30. The summed E-state index contributed by atoms with van der Waals surface area (Å²) in [6.45, 7) is 6.52. The molecule has 0 aromatic carbocycles. The van der Waals surface area contributed by atoms with Crippen molar-refractivity contribution >= 4 is 0 Å². The molecule has 4 atom stereocenters. The van der Waals surface area contributed by atoms with Crippen LogP contribution in [-0.4, -0.2) is 63.9 Å². The van der Waals surface area contributed by atoms with Crippen molar-refractivity contribution in [1.29, 1.82) is 0 Å². The number of rotatable bonds is 16. The van der Waals surface area contributed by atoms with Crippen LogP contribution in [0.15, 0.2) is 0 Å². The van der Waals surface area contributed by atoms with E-state index in [9.17, 15) is 0 Å². The van der Waals surface area contributed by atoms with E-state index in [1.165, 1.54) is 0 Å². The lowest BCUT2D eigenvalue weighted by molar-refractivity contribution is -0.0763. The van der Waals surface area contributed by atoms with Crippen LogP contribution in [0, 0.1) is 0 Å². The molecule has 3 rings (SSSR count). The minimum atomic E-state index is -0.259. The summed E-state index contributed by atoms with van der Waals surface area (Å²) in [5.74, 6) is -0.259. The second kappa shape index (κ2) is 10.9. The number of fused-ring (bicyclic) bond motifs is 1. The van der Waals surface area contributed by atoms with Crippen LogP contribution in [0.5, 0.6) is 0 Å². The lowest BCUT2D eigenvalue weighted by Crippen LogP contribution is -2.25. The van der Waals surface area contributed by atoms with Gasteiger partial charge in [0.1, 0.15) is 12.9 Å². The molecule has 3 fully saturated rings. The molecular weight excluding hydrogens is 336 g/mol. The molecule has 4 unspecified atom stereocenters. The lowest BCUT2D eigenvalue weighted by Gasteiger charge is -2.17. The predicted octanol–water partition coefficient (Wildman–Crippen LogP) is 3.42. The molecule has 3 aliphatic heterocycles. The molecule has 3 heterocycles. The fraction of sp³-hybridized carbons (Fsp3) is 1.00. The molecule has 3 aliphatic rings. The predicted molar refractivity (Wildman–Crippen MR) is 97.0 cm³/mol. The van der Waals surface area contributed by atoms with Crippen LogP contribution in [0.4, 0.5) is 0 Å². The molecule has 0 aromatic rings. The topological polar surface area (TPSA) is 62.0 Å². The lowest BCUT2D eigenvalue weighted by atomic mass is 10.1. The second-order valence-electron chi connectivity index (χ2n) is 7.56. The second-order valence-corrected chi connectivity index (χ2v) is 7.56. The first kappa shape index (κ1) is 20.5. The summed E-state index contributed by atoms with van der Waals surface area (Å²) in [5, 5.41) is 0. The van der Waals surface area contributed by atoms with E-state index in [0.717, 1.165) is 84.2 Å². The summed E-state index contributed by atoms with van der Waals surface area (Å²) < 4.78 is 33.7. The maximum absolute atomic E-state index is 5.75. The van der Waals surface area contributed by atoms with Crippen LogP contribution in [0.2, 0.25) is 0 Å². The van der Waals surface area contributed by atoms with Gasteiger partial charge in [-0.2, -0.15) is 0 Å². The van der Waals surface area contributed by atoms with Crippen molar-refractivity contribution < 1.29 is 28.4 Å².